The van der Waals surface area contributed by atoms with Crippen molar-refractivity contribution in [3.05, 3.63) is 38.4 Å². The molecule has 0 aliphatic rings. The van der Waals surface area contributed by atoms with Crippen LogP contribution in [0.15, 0.2) is 12.1 Å². The minimum atomic E-state index is -0.609. The topological polar surface area (TPSA) is 60.2 Å². The maximum atomic E-state index is 10.4. The van der Waals surface area contributed by atoms with Gasteiger partial charge in [0, 0.05) is 11.6 Å². The molecule has 0 unspecified atom stereocenters. The quantitative estimate of drug-likeness (QED) is 0.417. The maximum absolute atomic E-state index is 10.4. The molecular weight excluding hydrogens is 194 g/mol. The molecule has 0 aliphatic carbocycles. The molecule has 0 N–H and O–H groups in total. The molecule has 0 saturated heterocycles. The SMILES string of the molecule is Cc1cc(C=O)cc([N+](=O)[O-])c1Cl. The van der Waals surface area contributed by atoms with Crippen molar-refractivity contribution >= 4 is 23.6 Å². The second-order valence-corrected chi connectivity index (χ2v) is 2.92. The molecule has 1 aromatic rings. The molecule has 0 spiro atoms. The van der Waals surface area contributed by atoms with E-state index in [0.717, 1.165) is 6.07 Å². The highest BCUT2D eigenvalue weighted by Gasteiger charge is 2.15. The Morgan fingerprint density at radius 3 is 2.62 bits per heavy atom. The smallest absolute Gasteiger partial charge is 0.288 e. The van der Waals surface area contributed by atoms with Crippen LogP contribution in [0.5, 0.6) is 0 Å². The van der Waals surface area contributed by atoms with Gasteiger partial charge in [0.1, 0.15) is 11.3 Å². The van der Waals surface area contributed by atoms with Crippen molar-refractivity contribution in [2.75, 3.05) is 0 Å². The van der Waals surface area contributed by atoms with Gasteiger partial charge in [0.15, 0.2) is 0 Å². The van der Waals surface area contributed by atoms with Gasteiger partial charge in [0.25, 0.3) is 5.69 Å². The molecular formula is C8H6ClNO3. The predicted molar refractivity (Wildman–Crippen MR) is 48.2 cm³/mol. The second kappa shape index (κ2) is 3.53. The number of aryl methyl sites for hydroxylation is 1. The lowest BCUT2D eigenvalue weighted by Crippen LogP contribution is -1.93. The highest BCUT2D eigenvalue weighted by molar-refractivity contribution is 6.33. The van der Waals surface area contributed by atoms with Crippen molar-refractivity contribution in [2.24, 2.45) is 0 Å². The third-order valence-corrected chi connectivity index (χ3v) is 2.08. The number of halogens is 1. The summed E-state index contributed by atoms with van der Waals surface area (Å²) in [5.41, 5.74) is 0.551. The van der Waals surface area contributed by atoms with Crippen LogP contribution in [0.4, 0.5) is 5.69 Å². The van der Waals surface area contributed by atoms with Crippen molar-refractivity contribution < 1.29 is 9.72 Å². The number of hydrogen-bond donors (Lipinski definition) is 0. The Hall–Kier alpha value is -1.42. The number of carbonyl (C=O) groups excluding carboxylic acids is 1. The number of benzene rings is 1. The molecule has 0 bridgehead atoms. The zero-order valence-electron chi connectivity index (χ0n) is 6.78. The fourth-order valence-electron chi connectivity index (χ4n) is 0.979. The molecule has 1 rings (SSSR count). The first-order chi connectivity index (χ1) is 6.06. The van der Waals surface area contributed by atoms with Gasteiger partial charge in [-0.25, -0.2) is 0 Å². The number of hydrogen-bond acceptors (Lipinski definition) is 3. The summed E-state index contributed by atoms with van der Waals surface area (Å²) in [6.45, 7) is 1.61. The Labute approximate surface area is 79.3 Å². The monoisotopic (exact) mass is 199 g/mol. The van der Waals surface area contributed by atoms with Crippen molar-refractivity contribution in [3.8, 4) is 0 Å². The Kier molecular flexibility index (Phi) is 2.63. The number of rotatable bonds is 2. The van der Waals surface area contributed by atoms with Gasteiger partial charge >= 0.3 is 0 Å². The van der Waals surface area contributed by atoms with Crippen LogP contribution in [-0.2, 0) is 0 Å². The van der Waals surface area contributed by atoms with Crippen LogP contribution >= 0.6 is 11.6 Å². The first-order valence-corrected chi connectivity index (χ1v) is 3.83. The van der Waals surface area contributed by atoms with Crippen LogP contribution in [0.25, 0.3) is 0 Å². The van der Waals surface area contributed by atoms with Gasteiger partial charge in [-0.15, -0.1) is 0 Å². The van der Waals surface area contributed by atoms with E-state index in [1.807, 2.05) is 0 Å². The summed E-state index contributed by atoms with van der Waals surface area (Å²) in [7, 11) is 0. The molecule has 13 heavy (non-hydrogen) atoms. The molecule has 5 heteroatoms. The summed E-state index contributed by atoms with van der Waals surface area (Å²) in [5.74, 6) is 0. The lowest BCUT2D eigenvalue weighted by molar-refractivity contribution is -0.384. The molecule has 0 saturated carbocycles. The van der Waals surface area contributed by atoms with Crippen LogP contribution in [-0.4, -0.2) is 11.2 Å². The predicted octanol–water partition coefficient (Wildman–Crippen LogP) is 2.37. The van der Waals surface area contributed by atoms with Gasteiger partial charge in [-0.1, -0.05) is 11.6 Å². The molecule has 0 fully saturated rings. The van der Waals surface area contributed by atoms with Crippen LogP contribution in [0.2, 0.25) is 5.02 Å². The maximum Gasteiger partial charge on any atom is 0.288 e. The van der Waals surface area contributed by atoms with Gasteiger partial charge in [0.2, 0.25) is 0 Å². The molecule has 1 aromatic carbocycles. The average Bonchev–Trinajstić information content (AvgIpc) is 2.09. The summed E-state index contributed by atoms with van der Waals surface area (Å²) in [5, 5.41) is 10.5. The highest BCUT2D eigenvalue weighted by atomic mass is 35.5. The molecule has 0 heterocycles. The number of nitro benzene ring substituents is 1. The summed E-state index contributed by atoms with van der Waals surface area (Å²) < 4.78 is 0. The van der Waals surface area contributed by atoms with Crippen molar-refractivity contribution in [2.45, 2.75) is 6.92 Å². The number of carbonyl (C=O) groups is 1. The fraction of sp³-hybridized carbons (Fsp3) is 0.125. The number of aldehydes is 1. The molecule has 4 nitrogen and oxygen atoms in total. The third kappa shape index (κ3) is 1.84. The zero-order chi connectivity index (χ0) is 10.0. The van der Waals surface area contributed by atoms with Gasteiger partial charge in [0.05, 0.1) is 4.92 Å². The lowest BCUT2D eigenvalue weighted by Gasteiger charge is -1.99. The van der Waals surface area contributed by atoms with E-state index in [1.165, 1.54) is 6.07 Å². The van der Waals surface area contributed by atoms with Crippen LogP contribution in [0, 0.1) is 17.0 Å². The van der Waals surface area contributed by atoms with Crippen LogP contribution in [0.3, 0.4) is 0 Å². The summed E-state index contributed by atoms with van der Waals surface area (Å²) in [6.07, 6.45) is 0.552. The average molecular weight is 200 g/mol. The number of nitro groups is 1. The van der Waals surface area contributed by atoms with E-state index < -0.39 is 4.92 Å². The molecule has 0 radical (unpaired) electrons. The van der Waals surface area contributed by atoms with Gasteiger partial charge < -0.3 is 0 Å². The Balaban J connectivity index is 3.41. The summed E-state index contributed by atoms with van der Waals surface area (Å²) >= 11 is 5.66. The minimum absolute atomic E-state index is 0.0793. The van der Waals surface area contributed by atoms with E-state index in [4.69, 9.17) is 11.6 Å². The lowest BCUT2D eigenvalue weighted by atomic mass is 10.1. The summed E-state index contributed by atoms with van der Waals surface area (Å²) in [6, 6.07) is 2.66. The van der Waals surface area contributed by atoms with Gasteiger partial charge in [-0.05, 0) is 18.6 Å². The Morgan fingerprint density at radius 1 is 1.54 bits per heavy atom. The van der Waals surface area contributed by atoms with E-state index in [1.54, 1.807) is 6.92 Å². The van der Waals surface area contributed by atoms with E-state index in [-0.39, 0.29) is 16.3 Å². The first-order valence-electron chi connectivity index (χ1n) is 3.46. The van der Waals surface area contributed by atoms with Crippen molar-refractivity contribution in [1.82, 2.24) is 0 Å². The molecule has 0 amide bonds. The van der Waals surface area contributed by atoms with E-state index in [0.29, 0.717) is 11.8 Å². The second-order valence-electron chi connectivity index (χ2n) is 2.55. The highest BCUT2D eigenvalue weighted by Crippen LogP contribution is 2.28. The van der Waals surface area contributed by atoms with Crippen LogP contribution in [0.1, 0.15) is 15.9 Å². The van der Waals surface area contributed by atoms with E-state index in [9.17, 15) is 14.9 Å². The third-order valence-electron chi connectivity index (χ3n) is 1.59. The van der Waals surface area contributed by atoms with E-state index in [2.05, 4.69) is 0 Å². The number of nitrogens with zero attached hydrogens (tertiary/aromatic N) is 1. The van der Waals surface area contributed by atoms with Crippen molar-refractivity contribution in [3.63, 3.8) is 0 Å². The fourth-order valence-corrected chi connectivity index (χ4v) is 1.16. The minimum Gasteiger partial charge on any atom is -0.298 e. The first kappa shape index (κ1) is 9.67. The largest absolute Gasteiger partial charge is 0.298 e. The Bertz CT molecular complexity index is 376. The molecule has 0 atom stereocenters. The normalized spacial score (nSPS) is 9.69. The van der Waals surface area contributed by atoms with Gasteiger partial charge in [-0.2, -0.15) is 0 Å². The molecule has 68 valence electrons. The van der Waals surface area contributed by atoms with Gasteiger partial charge in [-0.3, -0.25) is 14.9 Å². The summed E-state index contributed by atoms with van der Waals surface area (Å²) in [4.78, 5) is 20.2. The van der Waals surface area contributed by atoms with Crippen molar-refractivity contribution in [1.29, 1.82) is 0 Å². The molecule has 0 aromatic heterocycles. The standard InChI is InChI=1S/C8H6ClNO3/c1-5-2-6(4-11)3-7(8(5)9)10(12)13/h2-4H,1H3. The van der Waals surface area contributed by atoms with E-state index >= 15 is 0 Å². The van der Waals surface area contributed by atoms with Crippen LogP contribution < -0.4 is 0 Å². The zero-order valence-corrected chi connectivity index (χ0v) is 7.54. The molecule has 0 aliphatic heterocycles. The Morgan fingerprint density at radius 2 is 2.15 bits per heavy atom.